The van der Waals surface area contributed by atoms with Gasteiger partial charge in [0, 0.05) is 23.9 Å². The predicted molar refractivity (Wildman–Crippen MR) is 129 cm³/mol. The Labute approximate surface area is 186 Å². The van der Waals surface area contributed by atoms with Gasteiger partial charge in [-0.15, -0.1) is 0 Å². The zero-order valence-corrected chi connectivity index (χ0v) is 19.1. The van der Waals surface area contributed by atoms with Crippen molar-refractivity contribution < 1.29 is 9.90 Å². The Morgan fingerprint density at radius 2 is 1.60 bits per heavy atom. The van der Waals surface area contributed by atoms with Crippen LogP contribution in [0.3, 0.4) is 0 Å². The number of para-hydroxylation sites is 1. The Bertz CT molecular complexity index is 779. The minimum Gasteiger partial charge on any atom is -0.506 e. The summed E-state index contributed by atoms with van der Waals surface area (Å²) < 4.78 is 0. The fourth-order valence-electron chi connectivity index (χ4n) is 3.64. The van der Waals surface area contributed by atoms with Crippen molar-refractivity contribution >= 4 is 24.2 Å². The Morgan fingerprint density at radius 3 is 2.23 bits per heavy atom. The lowest BCUT2D eigenvalue weighted by Gasteiger charge is -2.13. The number of hydrogen-bond donors (Lipinski definition) is 3. The number of phenolic OH excluding ortho intramolecular Hbond substituents is 1. The highest BCUT2D eigenvalue weighted by Crippen LogP contribution is 2.35. The zero-order chi connectivity index (χ0) is 21.6. The average Bonchev–Trinajstić information content (AvgIpc) is 2.73. The van der Waals surface area contributed by atoms with E-state index in [1.165, 1.54) is 51.4 Å². The summed E-state index contributed by atoms with van der Waals surface area (Å²) in [4.78, 5) is 16.7. The molecule has 1 amide bonds. The van der Waals surface area contributed by atoms with Gasteiger partial charge in [-0.25, -0.2) is 0 Å². The first-order chi connectivity index (χ1) is 14.6. The molecule has 0 radical (unpaired) electrons. The molecule has 0 fully saturated rings. The summed E-state index contributed by atoms with van der Waals surface area (Å²) in [6, 6.07) is 9.13. The fraction of sp³-hybridized carbons (Fsp3) is 0.520. The van der Waals surface area contributed by atoms with Gasteiger partial charge in [0.05, 0.1) is 5.69 Å². The largest absolute Gasteiger partial charge is 0.506 e. The Kier molecular flexibility index (Phi) is 11.4. The van der Waals surface area contributed by atoms with Crippen molar-refractivity contribution in [2.45, 2.75) is 77.6 Å². The molecule has 2 rings (SSSR count). The predicted octanol–water partition coefficient (Wildman–Crippen LogP) is 6.92. The SMILES string of the molecule is Cc1cc(-c2cccc(O)c2NC(=O)CCCCCCCCCCCCS)ccn1. The van der Waals surface area contributed by atoms with Gasteiger partial charge in [-0.3, -0.25) is 9.78 Å². The van der Waals surface area contributed by atoms with Gasteiger partial charge in [0.25, 0.3) is 0 Å². The maximum atomic E-state index is 12.4. The number of anilines is 1. The molecule has 1 aromatic heterocycles. The molecule has 0 bridgehead atoms. The monoisotopic (exact) mass is 428 g/mol. The number of carbonyl (C=O) groups excluding carboxylic acids is 1. The topological polar surface area (TPSA) is 62.2 Å². The minimum absolute atomic E-state index is 0.0484. The lowest BCUT2D eigenvalue weighted by atomic mass is 10.0. The number of rotatable bonds is 14. The molecule has 0 aliphatic carbocycles. The summed E-state index contributed by atoms with van der Waals surface area (Å²) in [5, 5.41) is 13.2. The van der Waals surface area contributed by atoms with Crippen LogP contribution in [0, 0.1) is 6.92 Å². The minimum atomic E-state index is -0.0484. The molecule has 164 valence electrons. The van der Waals surface area contributed by atoms with Crippen LogP contribution in [0.25, 0.3) is 11.1 Å². The van der Waals surface area contributed by atoms with Crippen molar-refractivity contribution in [3.8, 4) is 16.9 Å². The summed E-state index contributed by atoms with van der Waals surface area (Å²) >= 11 is 4.24. The van der Waals surface area contributed by atoms with Crippen LogP contribution < -0.4 is 5.32 Å². The van der Waals surface area contributed by atoms with Crippen LogP contribution >= 0.6 is 12.6 Å². The molecule has 0 aliphatic rings. The Morgan fingerprint density at radius 1 is 0.967 bits per heavy atom. The molecular weight excluding hydrogens is 392 g/mol. The molecule has 0 spiro atoms. The second kappa shape index (κ2) is 14.1. The number of amides is 1. The maximum absolute atomic E-state index is 12.4. The number of unbranched alkanes of at least 4 members (excludes halogenated alkanes) is 9. The molecule has 0 unspecified atom stereocenters. The van der Waals surface area contributed by atoms with E-state index in [1.54, 1.807) is 18.3 Å². The van der Waals surface area contributed by atoms with E-state index in [0.717, 1.165) is 35.4 Å². The molecule has 4 nitrogen and oxygen atoms in total. The van der Waals surface area contributed by atoms with Crippen molar-refractivity contribution in [3.05, 3.63) is 42.2 Å². The first-order valence-electron chi connectivity index (χ1n) is 11.3. The summed E-state index contributed by atoms with van der Waals surface area (Å²) in [6.07, 6.45) is 14.4. The number of aryl methyl sites for hydroxylation is 1. The molecule has 1 aromatic carbocycles. The van der Waals surface area contributed by atoms with Gasteiger partial charge in [-0.2, -0.15) is 12.6 Å². The number of pyridine rings is 1. The molecule has 2 N–H and O–H groups in total. The molecule has 0 saturated heterocycles. The Hall–Kier alpha value is -2.01. The molecule has 0 atom stereocenters. The van der Waals surface area contributed by atoms with Gasteiger partial charge in [-0.05, 0) is 49.3 Å². The average molecular weight is 429 g/mol. The standard InChI is InChI=1S/C25H36N2O2S/c1-20-19-21(16-17-26-20)22-13-12-14-23(28)25(22)27-24(29)15-10-8-6-4-2-3-5-7-9-11-18-30/h12-14,16-17,19,28,30H,2-11,15,18H2,1H3,(H,27,29). The quantitative estimate of drug-likeness (QED) is 0.174. The van der Waals surface area contributed by atoms with Crippen LogP contribution in [-0.4, -0.2) is 21.8 Å². The van der Waals surface area contributed by atoms with E-state index in [0.29, 0.717) is 12.1 Å². The highest BCUT2D eigenvalue weighted by Gasteiger charge is 2.13. The van der Waals surface area contributed by atoms with Crippen molar-refractivity contribution in [2.75, 3.05) is 11.1 Å². The van der Waals surface area contributed by atoms with E-state index in [-0.39, 0.29) is 11.7 Å². The zero-order valence-electron chi connectivity index (χ0n) is 18.2. The molecule has 0 aliphatic heterocycles. The van der Waals surface area contributed by atoms with Crippen LogP contribution in [0.15, 0.2) is 36.5 Å². The van der Waals surface area contributed by atoms with E-state index in [1.807, 2.05) is 25.1 Å². The van der Waals surface area contributed by atoms with Gasteiger partial charge in [0.1, 0.15) is 5.75 Å². The van der Waals surface area contributed by atoms with E-state index >= 15 is 0 Å². The smallest absolute Gasteiger partial charge is 0.224 e. The molecule has 30 heavy (non-hydrogen) atoms. The molecule has 5 heteroatoms. The third-order valence-electron chi connectivity index (χ3n) is 5.33. The third-order valence-corrected chi connectivity index (χ3v) is 5.64. The second-order valence-electron chi connectivity index (χ2n) is 7.94. The third kappa shape index (κ3) is 8.78. The van der Waals surface area contributed by atoms with Crippen molar-refractivity contribution in [1.29, 1.82) is 0 Å². The van der Waals surface area contributed by atoms with E-state index in [2.05, 4.69) is 22.9 Å². The number of aromatic hydroxyl groups is 1. The summed E-state index contributed by atoms with van der Waals surface area (Å²) in [5.41, 5.74) is 3.11. The number of carbonyl (C=O) groups is 1. The summed E-state index contributed by atoms with van der Waals surface area (Å²) in [7, 11) is 0. The first-order valence-corrected chi connectivity index (χ1v) is 11.9. The van der Waals surface area contributed by atoms with Crippen molar-refractivity contribution in [1.82, 2.24) is 4.98 Å². The second-order valence-corrected chi connectivity index (χ2v) is 8.39. The lowest BCUT2D eigenvalue weighted by Crippen LogP contribution is -2.12. The van der Waals surface area contributed by atoms with Gasteiger partial charge < -0.3 is 10.4 Å². The molecule has 1 heterocycles. The normalized spacial score (nSPS) is 10.9. The molecule has 0 saturated carbocycles. The number of aromatic nitrogens is 1. The highest BCUT2D eigenvalue weighted by molar-refractivity contribution is 7.80. The first kappa shape index (κ1) is 24.3. The summed E-state index contributed by atoms with van der Waals surface area (Å²) in [5.74, 6) is 1.04. The van der Waals surface area contributed by atoms with E-state index in [4.69, 9.17) is 0 Å². The van der Waals surface area contributed by atoms with E-state index < -0.39 is 0 Å². The number of hydrogen-bond acceptors (Lipinski definition) is 4. The van der Waals surface area contributed by atoms with Crippen molar-refractivity contribution in [2.24, 2.45) is 0 Å². The van der Waals surface area contributed by atoms with Gasteiger partial charge >= 0.3 is 0 Å². The highest BCUT2D eigenvalue weighted by atomic mass is 32.1. The van der Waals surface area contributed by atoms with Crippen LogP contribution in [0.5, 0.6) is 5.75 Å². The Balaban J connectivity index is 1.71. The fourth-order valence-corrected chi connectivity index (χ4v) is 3.86. The summed E-state index contributed by atoms with van der Waals surface area (Å²) in [6.45, 7) is 1.92. The van der Waals surface area contributed by atoms with Crippen molar-refractivity contribution in [3.63, 3.8) is 0 Å². The van der Waals surface area contributed by atoms with Gasteiger partial charge in [0.15, 0.2) is 0 Å². The molecular formula is C25H36N2O2S. The molecule has 2 aromatic rings. The van der Waals surface area contributed by atoms with Crippen LogP contribution in [0.2, 0.25) is 0 Å². The van der Waals surface area contributed by atoms with Crippen LogP contribution in [0.1, 0.15) is 76.3 Å². The number of thiol groups is 1. The maximum Gasteiger partial charge on any atom is 0.224 e. The van der Waals surface area contributed by atoms with E-state index in [9.17, 15) is 9.90 Å². The van der Waals surface area contributed by atoms with Crippen LogP contribution in [0.4, 0.5) is 5.69 Å². The number of benzene rings is 1. The van der Waals surface area contributed by atoms with Gasteiger partial charge in [0.2, 0.25) is 5.91 Å². The number of nitrogens with one attached hydrogen (secondary N) is 1. The number of phenols is 1. The number of nitrogens with zero attached hydrogens (tertiary/aromatic N) is 1. The van der Waals surface area contributed by atoms with Gasteiger partial charge in [-0.1, -0.05) is 63.5 Å². The van der Waals surface area contributed by atoms with Crippen LogP contribution in [-0.2, 0) is 4.79 Å². The lowest BCUT2D eigenvalue weighted by molar-refractivity contribution is -0.116.